The molecular weight excluding hydrogens is 206 g/mol. The third-order valence-electron chi connectivity index (χ3n) is 2.12. The van der Waals surface area contributed by atoms with Crippen molar-refractivity contribution in [2.45, 2.75) is 26.7 Å². The molecule has 0 spiro atoms. The number of nitrogens with zero attached hydrogens (tertiary/aromatic N) is 2. The number of hydrogen-bond acceptors (Lipinski definition) is 5. The number of anilines is 1. The van der Waals surface area contributed by atoms with Gasteiger partial charge in [0.15, 0.2) is 0 Å². The van der Waals surface area contributed by atoms with Crippen LogP contribution in [0.3, 0.4) is 0 Å². The summed E-state index contributed by atoms with van der Waals surface area (Å²) in [5.74, 6) is 1.27. The third-order valence-corrected chi connectivity index (χ3v) is 2.12. The SMILES string of the molecule is CCc1cc(NCCC(=O)OC)nc(C)n1. The van der Waals surface area contributed by atoms with Gasteiger partial charge in [0, 0.05) is 18.3 Å². The molecule has 0 saturated heterocycles. The fraction of sp³-hybridized carbons (Fsp3) is 0.545. The van der Waals surface area contributed by atoms with Crippen molar-refractivity contribution in [1.29, 1.82) is 0 Å². The second-order valence-electron chi connectivity index (χ2n) is 3.40. The molecule has 0 atom stereocenters. The molecule has 1 aromatic rings. The van der Waals surface area contributed by atoms with Crippen molar-refractivity contribution in [3.8, 4) is 0 Å². The van der Waals surface area contributed by atoms with Crippen LogP contribution in [0.5, 0.6) is 0 Å². The van der Waals surface area contributed by atoms with E-state index in [-0.39, 0.29) is 5.97 Å². The lowest BCUT2D eigenvalue weighted by molar-refractivity contribution is -0.140. The van der Waals surface area contributed by atoms with Crippen LogP contribution in [-0.2, 0) is 16.0 Å². The average Bonchev–Trinajstić information content (AvgIpc) is 2.28. The molecule has 0 bridgehead atoms. The number of aromatic nitrogens is 2. The van der Waals surface area contributed by atoms with Gasteiger partial charge in [-0.2, -0.15) is 0 Å². The number of nitrogens with one attached hydrogen (secondary N) is 1. The Balaban J connectivity index is 2.53. The number of rotatable bonds is 5. The van der Waals surface area contributed by atoms with Gasteiger partial charge in [-0.3, -0.25) is 4.79 Å². The number of esters is 1. The summed E-state index contributed by atoms with van der Waals surface area (Å²) < 4.78 is 4.55. The Hall–Kier alpha value is -1.65. The minimum absolute atomic E-state index is 0.228. The fourth-order valence-corrected chi connectivity index (χ4v) is 1.30. The van der Waals surface area contributed by atoms with Crippen LogP contribution in [-0.4, -0.2) is 29.6 Å². The highest BCUT2D eigenvalue weighted by atomic mass is 16.5. The van der Waals surface area contributed by atoms with Crippen molar-refractivity contribution in [2.75, 3.05) is 19.0 Å². The van der Waals surface area contributed by atoms with E-state index in [0.717, 1.165) is 23.8 Å². The predicted molar refractivity (Wildman–Crippen MR) is 61.3 cm³/mol. The normalized spacial score (nSPS) is 9.94. The first-order chi connectivity index (χ1) is 7.65. The smallest absolute Gasteiger partial charge is 0.307 e. The number of aryl methyl sites for hydroxylation is 2. The first-order valence-corrected chi connectivity index (χ1v) is 5.31. The van der Waals surface area contributed by atoms with Gasteiger partial charge in [-0.1, -0.05) is 6.92 Å². The Kier molecular flexibility index (Phi) is 4.69. The highest BCUT2D eigenvalue weighted by molar-refractivity contribution is 5.69. The van der Waals surface area contributed by atoms with E-state index < -0.39 is 0 Å². The Morgan fingerprint density at radius 1 is 1.50 bits per heavy atom. The summed E-state index contributed by atoms with van der Waals surface area (Å²) in [6, 6.07) is 1.89. The maximum atomic E-state index is 10.9. The lowest BCUT2D eigenvalue weighted by atomic mass is 10.3. The molecule has 5 heteroatoms. The lowest BCUT2D eigenvalue weighted by Gasteiger charge is -2.07. The van der Waals surface area contributed by atoms with Crippen LogP contribution < -0.4 is 5.32 Å². The summed E-state index contributed by atoms with van der Waals surface area (Å²) in [7, 11) is 1.38. The quantitative estimate of drug-likeness (QED) is 0.763. The summed E-state index contributed by atoms with van der Waals surface area (Å²) in [6.45, 7) is 4.41. The van der Waals surface area contributed by atoms with Gasteiger partial charge in [0.2, 0.25) is 0 Å². The summed E-state index contributed by atoms with van der Waals surface area (Å²) in [5, 5.41) is 3.07. The summed E-state index contributed by atoms with van der Waals surface area (Å²) in [5.41, 5.74) is 0.994. The average molecular weight is 223 g/mol. The molecule has 0 aliphatic rings. The number of ether oxygens (including phenoxy) is 1. The Labute approximate surface area is 95.3 Å². The fourth-order valence-electron chi connectivity index (χ4n) is 1.30. The van der Waals surface area contributed by atoms with Gasteiger partial charge in [0.25, 0.3) is 0 Å². The molecule has 1 N–H and O–H groups in total. The summed E-state index contributed by atoms with van der Waals surface area (Å²) in [6.07, 6.45) is 1.20. The predicted octanol–water partition coefficient (Wildman–Crippen LogP) is 1.32. The number of methoxy groups -OCH3 is 1. The molecule has 16 heavy (non-hydrogen) atoms. The molecule has 0 saturated carbocycles. The highest BCUT2D eigenvalue weighted by Crippen LogP contribution is 2.07. The van der Waals surface area contributed by atoms with Gasteiger partial charge in [-0.05, 0) is 13.3 Å². The van der Waals surface area contributed by atoms with E-state index >= 15 is 0 Å². The molecule has 0 radical (unpaired) electrons. The minimum atomic E-state index is -0.228. The molecular formula is C11H17N3O2. The summed E-state index contributed by atoms with van der Waals surface area (Å²) in [4.78, 5) is 19.4. The monoisotopic (exact) mass is 223 g/mol. The van der Waals surface area contributed by atoms with E-state index in [0.29, 0.717) is 13.0 Å². The Bertz CT molecular complexity index is 366. The van der Waals surface area contributed by atoms with Crippen molar-refractivity contribution < 1.29 is 9.53 Å². The van der Waals surface area contributed by atoms with Crippen molar-refractivity contribution in [3.63, 3.8) is 0 Å². The molecule has 1 heterocycles. The first-order valence-electron chi connectivity index (χ1n) is 5.31. The largest absolute Gasteiger partial charge is 0.469 e. The summed E-state index contributed by atoms with van der Waals surface area (Å²) >= 11 is 0. The molecule has 0 unspecified atom stereocenters. The van der Waals surface area contributed by atoms with Gasteiger partial charge < -0.3 is 10.1 Å². The number of carbonyl (C=O) groups is 1. The molecule has 5 nitrogen and oxygen atoms in total. The third kappa shape index (κ3) is 3.84. The number of hydrogen-bond donors (Lipinski definition) is 1. The molecule has 88 valence electrons. The van der Waals surface area contributed by atoms with Crippen molar-refractivity contribution >= 4 is 11.8 Å². The van der Waals surface area contributed by atoms with E-state index in [4.69, 9.17) is 0 Å². The lowest BCUT2D eigenvalue weighted by Crippen LogP contribution is -2.11. The van der Waals surface area contributed by atoms with Gasteiger partial charge in [0.05, 0.1) is 13.5 Å². The van der Waals surface area contributed by atoms with Crippen LogP contribution in [0.4, 0.5) is 5.82 Å². The minimum Gasteiger partial charge on any atom is -0.469 e. The standard InChI is InChI=1S/C11H17N3O2/c1-4-9-7-10(14-8(2)13-9)12-6-5-11(15)16-3/h7H,4-6H2,1-3H3,(H,12,13,14). The van der Waals surface area contributed by atoms with Crippen molar-refractivity contribution in [1.82, 2.24) is 9.97 Å². The van der Waals surface area contributed by atoms with E-state index in [1.165, 1.54) is 7.11 Å². The van der Waals surface area contributed by atoms with Crippen LogP contribution in [0.2, 0.25) is 0 Å². The second-order valence-corrected chi connectivity index (χ2v) is 3.40. The van der Waals surface area contributed by atoms with Crippen LogP contribution in [0.1, 0.15) is 24.9 Å². The molecule has 0 amide bonds. The van der Waals surface area contributed by atoms with E-state index in [1.807, 2.05) is 19.9 Å². The zero-order chi connectivity index (χ0) is 12.0. The molecule has 0 aromatic carbocycles. The van der Waals surface area contributed by atoms with Crippen LogP contribution in [0.15, 0.2) is 6.07 Å². The van der Waals surface area contributed by atoms with Crippen molar-refractivity contribution in [2.24, 2.45) is 0 Å². The van der Waals surface area contributed by atoms with E-state index in [1.54, 1.807) is 0 Å². The van der Waals surface area contributed by atoms with Gasteiger partial charge >= 0.3 is 5.97 Å². The van der Waals surface area contributed by atoms with Gasteiger partial charge in [0.1, 0.15) is 11.6 Å². The van der Waals surface area contributed by atoms with Crippen molar-refractivity contribution in [3.05, 3.63) is 17.6 Å². The Morgan fingerprint density at radius 3 is 2.88 bits per heavy atom. The van der Waals surface area contributed by atoms with Gasteiger partial charge in [-0.25, -0.2) is 9.97 Å². The molecule has 1 rings (SSSR count). The molecule has 0 fully saturated rings. The molecule has 0 aliphatic carbocycles. The van der Waals surface area contributed by atoms with Crippen LogP contribution in [0.25, 0.3) is 0 Å². The topological polar surface area (TPSA) is 64.1 Å². The second kappa shape index (κ2) is 6.05. The zero-order valence-corrected chi connectivity index (χ0v) is 9.91. The maximum Gasteiger partial charge on any atom is 0.307 e. The number of carbonyl (C=O) groups excluding carboxylic acids is 1. The van der Waals surface area contributed by atoms with Gasteiger partial charge in [-0.15, -0.1) is 0 Å². The maximum absolute atomic E-state index is 10.9. The Morgan fingerprint density at radius 2 is 2.25 bits per heavy atom. The van der Waals surface area contributed by atoms with Crippen LogP contribution in [0, 0.1) is 6.92 Å². The van der Waals surface area contributed by atoms with Crippen LogP contribution >= 0.6 is 0 Å². The van der Waals surface area contributed by atoms with E-state index in [2.05, 4.69) is 20.0 Å². The first kappa shape index (κ1) is 12.4. The molecule has 1 aromatic heterocycles. The molecule has 0 aliphatic heterocycles. The zero-order valence-electron chi connectivity index (χ0n) is 9.91. The van der Waals surface area contributed by atoms with E-state index in [9.17, 15) is 4.79 Å². The highest BCUT2D eigenvalue weighted by Gasteiger charge is 2.02.